The first-order chi connectivity index (χ1) is 8.91. The van der Waals surface area contributed by atoms with Gasteiger partial charge in [-0.2, -0.15) is 5.11 Å². The number of rotatable bonds is 1. The Morgan fingerprint density at radius 1 is 1.37 bits per heavy atom. The molecular weight excluding hydrogens is 266 g/mol. The Morgan fingerprint density at radius 2 is 1.95 bits per heavy atom. The van der Waals surface area contributed by atoms with Gasteiger partial charge in [-0.15, -0.1) is 5.11 Å². The summed E-state index contributed by atoms with van der Waals surface area (Å²) in [5.41, 5.74) is 1.41. The van der Waals surface area contributed by atoms with Crippen molar-refractivity contribution < 1.29 is 14.7 Å². The van der Waals surface area contributed by atoms with Crippen LogP contribution in [-0.4, -0.2) is 22.0 Å². The van der Waals surface area contributed by atoms with Crippen molar-refractivity contribution in [2.45, 2.75) is 20.0 Å². The summed E-state index contributed by atoms with van der Waals surface area (Å²) in [5.74, 6) is -1.13. The van der Waals surface area contributed by atoms with Gasteiger partial charge in [0.1, 0.15) is 0 Å². The Hall–Kier alpha value is -2.15. The van der Waals surface area contributed by atoms with Gasteiger partial charge in [0.2, 0.25) is 0 Å². The molecule has 1 unspecified atom stereocenters. The number of azo groups is 1. The lowest BCUT2D eigenvalue weighted by molar-refractivity contribution is -0.134. The van der Waals surface area contributed by atoms with E-state index in [0.717, 1.165) is 12.5 Å². The van der Waals surface area contributed by atoms with Crippen LogP contribution in [0.15, 0.2) is 34.5 Å². The van der Waals surface area contributed by atoms with Crippen molar-refractivity contribution in [3.8, 4) is 0 Å². The van der Waals surface area contributed by atoms with Crippen LogP contribution >= 0.6 is 12.2 Å². The second kappa shape index (κ2) is 6.69. The lowest BCUT2D eigenvalue weighted by Crippen LogP contribution is -2.26. The van der Waals surface area contributed by atoms with Crippen LogP contribution in [0.2, 0.25) is 0 Å². The maximum atomic E-state index is 11.4. The number of fused-ring (bicyclic) bond motifs is 1. The molecule has 0 radical (unpaired) electrons. The van der Waals surface area contributed by atoms with E-state index < -0.39 is 5.97 Å². The molecule has 1 amide bonds. The maximum absolute atomic E-state index is 11.4. The zero-order valence-corrected chi connectivity index (χ0v) is 11.3. The summed E-state index contributed by atoms with van der Waals surface area (Å²) in [4.78, 5) is 21.0. The predicted octanol–water partition coefficient (Wildman–Crippen LogP) is 2.32. The van der Waals surface area contributed by atoms with Crippen molar-refractivity contribution in [2.24, 2.45) is 10.2 Å². The highest BCUT2D eigenvalue weighted by Crippen LogP contribution is 2.24. The Kier molecular flexibility index (Phi) is 5.25. The Morgan fingerprint density at radius 3 is 2.53 bits per heavy atom. The average Bonchev–Trinajstić information content (AvgIpc) is 2.32. The van der Waals surface area contributed by atoms with Gasteiger partial charge in [-0.3, -0.25) is 9.59 Å². The maximum Gasteiger partial charge on any atom is 0.300 e. The molecule has 1 atom stereocenters. The monoisotopic (exact) mass is 279 g/mol. The van der Waals surface area contributed by atoms with Crippen molar-refractivity contribution in [3.63, 3.8) is 0 Å². The van der Waals surface area contributed by atoms with Gasteiger partial charge in [0.05, 0.1) is 10.6 Å². The first kappa shape index (κ1) is 14.9. The molecular formula is C12H13N3O3S. The fourth-order valence-electron chi connectivity index (χ4n) is 1.46. The second-order valence-corrected chi connectivity index (χ2v) is 4.34. The number of amides is 1. The lowest BCUT2D eigenvalue weighted by atomic mass is 10.0. The first-order valence-electron chi connectivity index (χ1n) is 5.42. The lowest BCUT2D eigenvalue weighted by Gasteiger charge is -2.19. The normalized spacial score (nSPS) is 15.9. The van der Waals surface area contributed by atoms with E-state index in [0.29, 0.717) is 10.6 Å². The minimum absolute atomic E-state index is 0.300. The van der Waals surface area contributed by atoms with Crippen LogP contribution in [0.5, 0.6) is 0 Å². The summed E-state index contributed by atoms with van der Waals surface area (Å²) in [6.45, 7) is 2.85. The Bertz CT molecular complexity index is 539. The molecule has 1 aromatic rings. The van der Waals surface area contributed by atoms with Crippen molar-refractivity contribution in [1.82, 2.24) is 5.32 Å². The average molecular weight is 279 g/mol. The number of aliphatic carboxylic acids is 1. The van der Waals surface area contributed by atoms with Crippen LogP contribution in [0.1, 0.15) is 35.9 Å². The summed E-state index contributed by atoms with van der Waals surface area (Å²) in [6, 6.07) is 7.25. The molecule has 2 N–H and O–H groups in total. The molecule has 0 aromatic heterocycles. The van der Waals surface area contributed by atoms with Gasteiger partial charge in [0.15, 0.2) is 6.17 Å². The second-order valence-electron chi connectivity index (χ2n) is 3.73. The van der Waals surface area contributed by atoms with Gasteiger partial charge in [-0.1, -0.05) is 30.4 Å². The summed E-state index contributed by atoms with van der Waals surface area (Å²) in [6.07, 6.45) is -0.337. The third-order valence-electron chi connectivity index (χ3n) is 2.09. The molecule has 0 saturated carbocycles. The summed E-state index contributed by atoms with van der Waals surface area (Å²) in [5, 5.41) is 17.8. The largest absolute Gasteiger partial charge is 0.481 e. The Balaban J connectivity index is 0.000000399. The predicted molar refractivity (Wildman–Crippen MR) is 73.1 cm³/mol. The fourth-order valence-corrected chi connectivity index (χ4v) is 1.57. The topological polar surface area (TPSA) is 91.1 Å². The van der Waals surface area contributed by atoms with E-state index in [-0.39, 0.29) is 12.1 Å². The molecule has 0 aliphatic carbocycles. The number of carboxylic acids is 1. The zero-order valence-electron chi connectivity index (χ0n) is 10.5. The van der Waals surface area contributed by atoms with Crippen LogP contribution in [0.4, 0.5) is 0 Å². The van der Waals surface area contributed by atoms with E-state index in [1.54, 1.807) is 19.1 Å². The summed E-state index contributed by atoms with van der Waals surface area (Å²) < 4.78 is 0. The van der Waals surface area contributed by atoms with Crippen LogP contribution in [0.25, 0.3) is 0 Å². The molecule has 1 aromatic carbocycles. The van der Waals surface area contributed by atoms with Gasteiger partial charge in [0, 0.05) is 12.5 Å². The van der Waals surface area contributed by atoms with Crippen molar-refractivity contribution >= 4 is 29.1 Å². The van der Waals surface area contributed by atoms with Crippen molar-refractivity contribution in [1.29, 1.82) is 0 Å². The fraction of sp³-hybridized carbons (Fsp3) is 0.250. The SMILES string of the molecule is CC(=O)O.CC(=S)NC1N=NC(=O)c2ccccc21. The van der Waals surface area contributed by atoms with Crippen LogP contribution in [0, 0.1) is 0 Å². The number of carboxylic acid groups (broad SMARTS) is 1. The van der Waals surface area contributed by atoms with Crippen molar-refractivity contribution in [3.05, 3.63) is 35.4 Å². The molecule has 19 heavy (non-hydrogen) atoms. The number of carbonyl (C=O) groups is 2. The van der Waals surface area contributed by atoms with Crippen molar-refractivity contribution in [2.75, 3.05) is 0 Å². The molecule has 7 heteroatoms. The first-order valence-corrected chi connectivity index (χ1v) is 5.83. The number of carbonyl (C=O) groups excluding carboxylic acids is 1. The highest BCUT2D eigenvalue weighted by atomic mass is 32.1. The molecule has 1 heterocycles. The molecule has 1 aliphatic rings. The van der Waals surface area contributed by atoms with Gasteiger partial charge >= 0.3 is 0 Å². The molecule has 0 fully saturated rings. The molecule has 0 bridgehead atoms. The minimum atomic E-state index is -0.833. The number of hydrogen-bond donors (Lipinski definition) is 2. The third kappa shape index (κ3) is 4.55. The van der Waals surface area contributed by atoms with Gasteiger partial charge in [0.25, 0.3) is 11.9 Å². The summed E-state index contributed by atoms with van der Waals surface area (Å²) >= 11 is 4.94. The number of thiocarbonyl (C=S) groups is 1. The molecule has 100 valence electrons. The molecule has 0 saturated heterocycles. The van der Waals surface area contributed by atoms with E-state index in [2.05, 4.69) is 15.5 Å². The summed E-state index contributed by atoms with van der Waals surface area (Å²) in [7, 11) is 0. The molecule has 0 spiro atoms. The molecule has 6 nitrogen and oxygen atoms in total. The van der Waals surface area contributed by atoms with Gasteiger partial charge in [-0.25, -0.2) is 0 Å². The van der Waals surface area contributed by atoms with E-state index in [1.807, 2.05) is 12.1 Å². The van der Waals surface area contributed by atoms with Crippen LogP contribution < -0.4 is 5.32 Å². The van der Waals surface area contributed by atoms with E-state index in [4.69, 9.17) is 22.1 Å². The highest BCUT2D eigenvalue weighted by Gasteiger charge is 2.22. The van der Waals surface area contributed by atoms with Crippen LogP contribution in [0.3, 0.4) is 0 Å². The van der Waals surface area contributed by atoms with Gasteiger partial charge < -0.3 is 10.4 Å². The van der Waals surface area contributed by atoms with E-state index in [9.17, 15) is 4.79 Å². The Labute approximate surface area is 115 Å². The number of hydrogen-bond acceptors (Lipinski definition) is 4. The highest BCUT2D eigenvalue weighted by molar-refractivity contribution is 7.80. The number of nitrogens with zero attached hydrogens (tertiary/aromatic N) is 2. The molecule has 1 aliphatic heterocycles. The van der Waals surface area contributed by atoms with E-state index >= 15 is 0 Å². The number of benzene rings is 1. The van der Waals surface area contributed by atoms with Gasteiger partial charge in [-0.05, 0) is 13.0 Å². The standard InChI is InChI=1S/C10H9N3OS.C2H4O2/c1-6(15)11-9-7-4-2-3-5-8(7)10(14)13-12-9;1-2(3)4/h2-5,9H,1H3,(H,11,15);1H3,(H,3,4). The minimum Gasteiger partial charge on any atom is -0.481 e. The number of nitrogens with one attached hydrogen (secondary N) is 1. The zero-order chi connectivity index (χ0) is 14.4. The molecule has 2 rings (SSSR count). The smallest absolute Gasteiger partial charge is 0.300 e. The van der Waals surface area contributed by atoms with Crippen LogP contribution in [-0.2, 0) is 4.79 Å². The third-order valence-corrected chi connectivity index (χ3v) is 2.21. The van der Waals surface area contributed by atoms with E-state index in [1.165, 1.54) is 0 Å². The quantitative estimate of drug-likeness (QED) is 0.770.